The van der Waals surface area contributed by atoms with Crippen LogP contribution in [0.4, 0.5) is 10.5 Å². The third kappa shape index (κ3) is 3.02. The van der Waals surface area contributed by atoms with E-state index >= 15 is 0 Å². The summed E-state index contributed by atoms with van der Waals surface area (Å²) >= 11 is 5.91. The summed E-state index contributed by atoms with van der Waals surface area (Å²) in [5.74, 6) is -0.157. The summed E-state index contributed by atoms with van der Waals surface area (Å²) in [6.45, 7) is 4.33. The molecule has 0 aromatic heterocycles. The maximum Gasteiger partial charge on any atom is 0.332 e. The third-order valence-corrected chi connectivity index (χ3v) is 4.41. The fourth-order valence-electron chi connectivity index (χ4n) is 3.03. The molecule has 0 aliphatic carbocycles. The van der Waals surface area contributed by atoms with E-state index in [-0.39, 0.29) is 17.9 Å². The second kappa shape index (κ2) is 6.65. The highest BCUT2D eigenvalue weighted by Gasteiger charge is 2.47. The number of halogens is 1. The van der Waals surface area contributed by atoms with Gasteiger partial charge >= 0.3 is 6.03 Å². The highest BCUT2D eigenvalue weighted by atomic mass is 35.5. The number of anilines is 1. The van der Waals surface area contributed by atoms with Crippen molar-refractivity contribution in [3.63, 3.8) is 0 Å². The molecule has 3 rings (SSSR count). The van der Waals surface area contributed by atoms with Gasteiger partial charge in [-0.1, -0.05) is 55.8 Å². The van der Waals surface area contributed by atoms with E-state index in [1.807, 2.05) is 44.2 Å². The topological polar surface area (TPSA) is 40.6 Å². The molecule has 1 aliphatic heterocycles. The van der Waals surface area contributed by atoms with Crippen molar-refractivity contribution >= 4 is 29.2 Å². The van der Waals surface area contributed by atoms with E-state index in [1.54, 1.807) is 29.2 Å². The predicted octanol–water partition coefficient (Wildman–Crippen LogP) is 4.33. The van der Waals surface area contributed by atoms with E-state index in [4.69, 9.17) is 11.6 Å². The standard InChI is InChI=1S/C19H19ClN2O2/c1-13(2)17-18(23)22(16-10-8-15(20)9-11-16)19(24)21(17)12-14-6-4-3-5-7-14/h3-11,13,17H,12H2,1-2H3/t17-/m0/s1. The molecule has 0 radical (unpaired) electrons. The quantitative estimate of drug-likeness (QED) is 0.776. The zero-order chi connectivity index (χ0) is 17.3. The first-order chi connectivity index (χ1) is 11.5. The first-order valence-electron chi connectivity index (χ1n) is 7.93. The molecule has 5 heteroatoms. The lowest BCUT2D eigenvalue weighted by atomic mass is 10.0. The number of hydrogen-bond acceptors (Lipinski definition) is 2. The Labute approximate surface area is 146 Å². The third-order valence-electron chi connectivity index (χ3n) is 4.16. The molecule has 0 bridgehead atoms. The molecule has 0 saturated carbocycles. The smallest absolute Gasteiger partial charge is 0.307 e. The molecule has 24 heavy (non-hydrogen) atoms. The lowest BCUT2D eigenvalue weighted by molar-refractivity contribution is -0.120. The van der Waals surface area contributed by atoms with Gasteiger partial charge in [0.1, 0.15) is 6.04 Å². The Balaban J connectivity index is 1.94. The Morgan fingerprint density at radius 3 is 2.21 bits per heavy atom. The van der Waals surface area contributed by atoms with Crippen LogP contribution < -0.4 is 4.90 Å². The minimum Gasteiger partial charge on any atom is -0.307 e. The van der Waals surface area contributed by atoms with Gasteiger partial charge in [-0.15, -0.1) is 0 Å². The molecule has 1 saturated heterocycles. The van der Waals surface area contributed by atoms with Crippen molar-refractivity contribution < 1.29 is 9.59 Å². The minimum atomic E-state index is -0.464. The lowest BCUT2D eigenvalue weighted by Gasteiger charge is -2.24. The molecule has 0 unspecified atom stereocenters. The van der Waals surface area contributed by atoms with Gasteiger partial charge in [0.2, 0.25) is 0 Å². The van der Waals surface area contributed by atoms with Crippen LogP contribution in [0.5, 0.6) is 0 Å². The van der Waals surface area contributed by atoms with Gasteiger partial charge in [-0.2, -0.15) is 0 Å². The van der Waals surface area contributed by atoms with Gasteiger partial charge in [0, 0.05) is 11.6 Å². The van der Waals surface area contributed by atoms with Crippen LogP contribution in [0.15, 0.2) is 54.6 Å². The molecule has 2 aromatic carbocycles. The second-order valence-corrected chi connectivity index (χ2v) is 6.67. The van der Waals surface area contributed by atoms with Gasteiger partial charge in [-0.3, -0.25) is 4.79 Å². The fourth-order valence-corrected chi connectivity index (χ4v) is 3.15. The SMILES string of the molecule is CC(C)[C@H]1C(=O)N(c2ccc(Cl)cc2)C(=O)N1Cc1ccccc1. The van der Waals surface area contributed by atoms with Crippen molar-refractivity contribution in [2.75, 3.05) is 4.90 Å². The van der Waals surface area contributed by atoms with Crippen molar-refractivity contribution in [1.29, 1.82) is 0 Å². The van der Waals surface area contributed by atoms with Gasteiger partial charge < -0.3 is 4.90 Å². The molecule has 4 nitrogen and oxygen atoms in total. The number of urea groups is 1. The van der Waals surface area contributed by atoms with Crippen LogP contribution in [-0.2, 0) is 11.3 Å². The van der Waals surface area contributed by atoms with E-state index in [0.29, 0.717) is 17.3 Å². The van der Waals surface area contributed by atoms with Crippen LogP contribution in [0.2, 0.25) is 5.02 Å². The Bertz CT molecular complexity index is 744. The van der Waals surface area contributed by atoms with E-state index in [1.165, 1.54) is 4.90 Å². The monoisotopic (exact) mass is 342 g/mol. The van der Waals surface area contributed by atoms with Crippen LogP contribution in [0.1, 0.15) is 19.4 Å². The Morgan fingerprint density at radius 1 is 1.00 bits per heavy atom. The molecular formula is C19H19ClN2O2. The number of benzene rings is 2. The van der Waals surface area contributed by atoms with Gasteiger partial charge in [-0.05, 0) is 35.7 Å². The molecule has 2 aromatic rings. The molecular weight excluding hydrogens is 324 g/mol. The van der Waals surface area contributed by atoms with Gasteiger partial charge in [0.25, 0.3) is 5.91 Å². The van der Waals surface area contributed by atoms with Crippen LogP contribution in [0.25, 0.3) is 0 Å². The molecule has 1 fully saturated rings. The predicted molar refractivity (Wildman–Crippen MR) is 94.9 cm³/mol. The first-order valence-corrected chi connectivity index (χ1v) is 8.31. The number of carbonyl (C=O) groups excluding carboxylic acids is 2. The summed E-state index contributed by atoms with van der Waals surface area (Å²) in [6.07, 6.45) is 0. The molecule has 3 amide bonds. The maximum atomic E-state index is 12.9. The summed E-state index contributed by atoms with van der Waals surface area (Å²) in [4.78, 5) is 28.7. The zero-order valence-corrected chi connectivity index (χ0v) is 14.4. The normalized spacial score (nSPS) is 17.9. The van der Waals surface area contributed by atoms with Crippen molar-refractivity contribution in [1.82, 2.24) is 4.90 Å². The van der Waals surface area contributed by atoms with Crippen LogP contribution in [0, 0.1) is 5.92 Å². The fraction of sp³-hybridized carbons (Fsp3) is 0.263. The number of carbonyl (C=O) groups is 2. The first kappa shape index (κ1) is 16.5. The van der Waals surface area contributed by atoms with E-state index in [2.05, 4.69) is 0 Å². The Hall–Kier alpha value is -2.33. The summed E-state index contributed by atoms with van der Waals surface area (Å²) in [7, 11) is 0. The Kier molecular flexibility index (Phi) is 4.58. The van der Waals surface area contributed by atoms with Crippen molar-refractivity contribution in [2.45, 2.75) is 26.4 Å². The summed E-state index contributed by atoms with van der Waals surface area (Å²) in [5.41, 5.74) is 1.55. The van der Waals surface area contributed by atoms with Crippen molar-refractivity contribution in [3.05, 3.63) is 65.2 Å². The van der Waals surface area contributed by atoms with Crippen LogP contribution in [0.3, 0.4) is 0 Å². The van der Waals surface area contributed by atoms with E-state index in [0.717, 1.165) is 5.56 Å². The van der Waals surface area contributed by atoms with Crippen molar-refractivity contribution in [2.24, 2.45) is 5.92 Å². The van der Waals surface area contributed by atoms with Gasteiger partial charge in [-0.25, -0.2) is 9.69 Å². The summed E-state index contributed by atoms with van der Waals surface area (Å²) in [6, 6.07) is 15.7. The highest BCUT2D eigenvalue weighted by Crippen LogP contribution is 2.30. The van der Waals surface area contributed by atoms with Crippen molar-refractivity contribution in [3.8, 4) is 0 Å². The number of nitrogens with zero attached hydrogens (tertiary/aromatic N) is 2. The molecule has 124 valence electrons. The zero-order valence-electron chi connectivity index (χ0n) is 13.6. The largest absolute Gasteiger partial charge is 0.332 e. The summed E-state index contributed by atoms with van der Waals surface area (Å²) < 4.78 is 0. The molecule has 1 atom stereocenters. The van der Waals surface area contributed by atoms with Crippen LogP contribution in [-0.4, -0.2) is 22.9 Å². The average Bonchev–Trinajstić information content (AvgIpc) is 2.80. The highest BCUT2D eigenvalue weighted by molar-refractivity contribution is 6.30. The molecule has 0 N–H and O–H groups in total. The number of rotatable bonds is 4. The number of imide groups is 1. The minimum absolute atomic E-state index is 0.0301. The lowest BCUT2D eigenvalue weighted by Crippen LogP contribution is -2.38. The van der Waals surface area contributed by atoms with Crippen LogP contribution >= 0.6 is 11.6 Å². The Morgan fingerprint density at radius 2 is 1.62 bits per heavy atom. The van der Waals surface area contributed by atoms with Gasteiger partial charge in [0.05, 0.1) is 5.69 Å². The van der Waals surface area contributed by atoms with Gasteiger partial charge in [0.15, 0.2) is 0 Å². The number of amides is 3. The molecule has 1 heterocycles. The summed E-state index contributed by atoms with van der Waals surface area (Å²) in [5, 5.41) is 0.569. The molecule has 1 aliphatic rings. The molecule has 0 spiro atoms. The maximum absolute atomic E-state index is 12.9. The van der Waals surface area contributed by atoms with E-state index in [9.17, 15) is 9.59 Å². The second-order valence-electron chi connectivity index (χ2n) is 6.23. The number of hydrogen-bond donors (Lipinski definition) is 0. The average molecular weight is 343 g/mol. The van der Waals surface area contributed by atoms with E-state index < -0.39 is 6.04 Å².